The number of hydrogen-bond donors (Lipinski definition) is 2. The van der Waals surface area contributed by atoms with Gasteiger partial charge in [0.1, 0.15) is 6.61 Å². The van der Waals surface area contributed by atoms with E-state index < -0.39 is 17.6 Å². The van der Waals surface area contributed by atoms with E-state index in [-0.39, 0.29) is 6.61 Å². The fourth-order valence-corrected chi connectivity index (χ4v) is 1.56. The summed E-state index contributed by atoms with van der Waals surface area (Å²) >= 11 is 5.77. The van der Waals surface area contributed by atoms with Crippen LogP contribution >= 0.6 is 11.6 Å². The number of halogens is 1. The molecule has 1 amide bonds. The van der Waals surface area contributed by atoms with E-state index in [0.717, 1.165) is 0 Å². The third-order valence-corrected chi connectivity index (χ3v) is 2.76. The summed E-state index contributed by atoms with van der Waals surface area (Å²) in [6.07, 6.45) is -1.61. The van der Waals surface area contributed by atoms with Crippen LogP contribution in [-0.4, -0.2) is 17.8 Å². The van der Waals surface area contributed by atoms with Gasteiger partial charge in [-0.3, -0.25) is 0 Å². The molecule has 0 aliphatic heterocycles. The van der Waals surface area contributed by atoms with Crippen LogP contribution in [-0.2, 0) is 4.74 Å². The minimum absolute atomic E-state index is 0.0477. The van der Waals surface area contributed by atoms with Crippen LogP contribution in [0.3, 0.4) is 0 Å². The molecule has 0 saturated heterocycles. The molecule has 3 N–H and O–H groups in total. The van der Waals surface area contributed by atoms with E-state index in [2.05, 4.69) is 0 Å². The zero-order chi connectivity index (χ0) is 13.1. The van der Waals surface area contributed by atoms with Crippen molar-refractivity contribution in [3.05, 3.63) is 34.9 Å². The van der Waals surface area contributed by atoms with Crippen LogP contribution < -0.4 is 5.73 Å². The van der Waals surface area contributed by atoms with Gasteiger partial charge in [0.2, 0.25) is 0 Å². The molecule has 0 spiro atoms. The van der Waals surface area contributed by atoms with Gasteiger partial charge in [-0.15, -0.1) is 0 Å². The number of rotatable bonds is 4. The Labute approximate surface area is 105 Å². The maximum atomic E-state index is 10.6. The lowest BCUT2D eigenvalue weighted by Gasteiger charge is -2.29. The number of nitrogens with two attached hydrogens (primary N) is 1. The Kier molecular flexibility index (Phi) is 4.37. The van der Waals surface area contributed by atoms with Gasteiger partial charge in [0.05, 0.1) is 6.10 Å². The number of amides is 1. The predicted molar refractivity (Wildman–Crippen MR) is 65.7 cm³/mol. The van der Waals surface area contributed by atoms with E-state index in [1.807, 2.05) is 0 Å². The lowest BCUT2D eigenvalue weighted by atomic mass is 9.83. The lowest BCUT2D eigenvalue weighted by molar-refractivity contribution is 0.000345. The Bertz CT molecular complexity index is 389. The number of benzene rings is 1. The van der Waals surface area contributed by atoms with Crippen molar-refractivity contribution in [1.29, 1.82) is 0 Å². The highest BCUT2D eigenvalue weighted by Crippen LogP contribution is 2.33. The van der Waals surface area contributed by atoms with Crippen molar-refractivity contribution in [2.24, 2.45) is 11.1 Å². The molecule has 1 rings (SSSR count). The van der Waals surface area contributed by atoms with Gasteiger partial charge in [-0.2, -0.15) is 0 Å². The zero-order valence-corrected chi connectivity index (χ0v) is 10.6. The minimum atomic E-state index is -0.846. The molecular weight excluding hydrogens is 242 g/mol. The monoisotopic (exact) mass is 257 g/mol. The van der Waals surface area contributed by atoms with Crippen LogP contribution in [0, 0.1) is 5.41 Å². The second kappa shape index (κ2) is 5.38. The van der Waals surface area contributed by atoms with Crippen LogP contribution in [0.4, 0.5) is 4.79 Å². The van der Waals surface area contributed by atoms with E-state index in [1.54, 1.807) is 38.1 Å². The predicted octanol–water partition coefficient (Wildman–Crippen LogP) is 2.49. The number of aliphatic hydroxyl groups is 1. The van der Waals surface area contributed by atoms with Crippen molar-refractivity contribution >= 4 is 17.7 Å². The van der Waals surface area contributed by atoms with Crippen LogP contribution in [0.1, 0.15) is 25.5 Å². The maximum Gasteiger partial charge on any atom is 0.404 e. The third kappa shape index (κ3) is 3.91. The first-order chi connectivity index (χ1) is 7.83. The summed E-state index contributed by atoms with van der Waals surface area (Å²) in [7, 11) is 0. The molecule has 5 heteroatoms. The largest absolute Gasteiger partial charge is 0.449 e. The summed E-state index contributed by atoms with van der Waals surface area (Å²) in [4.78, 5) is 10.6. The molecule has 1 atom stereocenters. The van der Waals surface area contributed by atoms with Crippen LogP contribution in [0.25, 0.3) is 0 Å². The normalized spacial score (nSPS) is 13.2. The average molecular weight is 258 g/mol. The van der Waals surface area contributed by atoms with Crippen molar-refractivity contribution in [3.63, 3.8) is 0 Å². The van der Waals surface area contributed by atoms with Gasteiger partial charge < -0.3 is 15.6 Å². The second-order valence-corrected chi connectivity index (χ2v) is 4.99. The molecule has 0 bridgehead atoms. The van der Waals surface area contributed by atoms with Crippen LogP contribution in [0.5, 0.6) is 0 Å². The fourth-order valence-electron chi connectivity index (χ4n) is 1.43. The molecule has 1 aromatic rings. The van der Waals surface area contributed by atoms with Crippen molar-refractivity contribution < 1.29 is 14.6 Å². The van der Waals surface area contributed by atoms with Gasteiger partial charge >= 0.3 is 6.09 Å². The van der Waals surface area contributed by atoms with Gasteiger partial charge in [0.25, 0.3) is 0 Å². The third-order valence-electron chi connectivity index (χ3n) is 2.51. The summed E-state index contributed by atoms with van der Waals surface area (Å²) in [5.74, 6) is 0. The standard InChI is InChI=1S/C12H16ClNO3/c1-12(2,7-17-11(14)16)10(15)8-3-5-9(13)6-4-8/h3-6,10,15H,7H2,1-2H3,(H2,14,16)/t10-/m1/s1. The lowest BCUT2D eigenvalue weighted by Crippen LogP contribution is -2.30. The Morgan fingerprint density at radius 1 is 1.47 bits per heavy atom. The number of carbonyl (C=O) groups is 1. The average Bonchev–Trinajstić information content (AvgIpc) is 2.27. The van der Waals surface area contributed by atoms with Gasteiger partial charge in [0.15, 0.2) is 0 Å². The molecule has 0 saturated carbocycles. The number of aliphatic hydroxyl groups excluding tert-OH is 1. The highest BCUT2D eigenvalue weighted by atomic mass is 35.5. The second-order valence-electron chi connectivity index (χ2n) is 4.55. The summed E-state index contributed by atoms with van der Waals surface area (Å²) in [6.45, 7) is 3.62. The smallest absolute Gasteiger partial charge is 0.404 e. The van der Waals surface area contributed by atoms with E-state index in [1.165, 1.54) is 0 Å². The molecular formula is C12H16ClNO3. The van der Waals surface area contributed by atoms with Gasteiger partial charge in [0, 0.05) is 10.4 Å². The minimum Gasteiger partial charge on any atom is -0.449 e. The van der Waals surface area contributed by atoms with Crippen LogP contribution in [0.15, 0.2) is 24.3 Å². The molecule has 4 nitrogen and oxygen atoms in total. The quantitative estimate of drug-likeness (QED) is 0.870. The van der Waals surface area contributed by atoms with E-state index in [9.17, 15) is 9.90 Å². The van der Waals surface area contributed by atoms with E-state index >= 15 is 0 Å². The summed E-state index contributed by atoms with van der Waals surface area (Å²) in [5, 5.41) is 10.8. The molecule has 0 radical (unpaired) electrons. The highest BCUT2D eigenvalue weighted by molar-refractivity contribution is 6.30. The Hall–Kier alpha value is -1.26. The number of ether oxygens (including phenoxy) is 1. The molecule has 0 aliphatic carbocycles. The molecule has 0 unspecified atom stereocenters. The SMILES string of the molecule is CC(C)(COC(N)=O)[C@H](O)c1ccc(Cl)cc1. The molecule has 0 heterocycles. The topological polar surface area (TPSA) is 72.5 Å². The first-order valence-electron chi connectivity index (χ1n) is 5.19. The van der Waals surface area contributed by atoms with Gasteiger partial charge in [-0.25, -0.2) is 4.79 Å². The van der Waals surface area contributed by atoms with Crippen molar-refractivity contribution in [2.75, 3.05) is 6.61 Å². The van der Waals surface area contributed by atoms with Crippen molar-refractivity contribution in [1.82, 2.24) is 0 Å². The molecule has 94 valence electrons. The molecule has 17 heavy (non-hydrogen) atoms. The maximum absolute atomic E-state index is 10.6. The summed E-state index contributed by atoms with van der Waals surface area (Å²) in [5.41, 5.74) is 4.99. The van der Waals surface area contributed by atoms with Gasteiger partial charge in [-0.1, -0.05) is 37.6 Å². The first-order valence-corrected chi connectivity index (χ1v) is 5.56. The molecule has 0 fully saturated rings. The Balaban J connectivity index is 2.76. The molecule has 1 aromatic carbocycles. The number of carbonyl (C=O) groups excluding carboxylic acids is 1. The zero-order valence-electron chi connectivity index (χ0n) is 9.81. The Morgan fingerprint density at radius 2 is 2.00 bits per heavy atom. The van der Waals surface area contributed by atoms with Crippen LogP contribution in [0.2, 0.25) is 5.02 Å². The number of primary amides is 1. The molecule has 0 aliphatic rings. The number of hydrogen-bond acceptors (Lipinski definition) is 3. The summed E-state index contributed by atoms with van der Waals surface area (Å²) in [6, 6.07) is 6.87. The fraction of sp³-hybridized carbons (Fsp3) is 0.417. The highest BCUT2D eigenvalue weighted by Gasteiger charge is 2.30. The van der Waals surface area contributed by atoms with E-state index in [4.69, 9.17) is 22.1 Å². The van der Waals surface area contributed by atoms with Crippen molar-refractivity contribution in [3.8, 4) is 0 Å². The summed E-state index contributed by atoms with van der Waals surface area (Å²) < 4.78 is 4.73. The van der Waals surface area contributed by atoms with Gasteiger partial charge in [-0.05, 0) is 17.7 Å². The first kappa shape index (κ1) is 13.8. The van der Waals surface area contributed by atoms with Crippen molar-refractivity contribution in [2.45, 2.75) is 20.0 Å². The Morgan fingerprint density at radius 3 is 2.47 bits per heavy atom. The van der Waals surface area contributed by atoms with E-state index in [0.29, 0.717) is 10.6 Å². The molecule has 0 aromatic heterocycles.